The van der Waals surface area contributed by atoms with E-state index in [0.29, 0.717) is 17.2 Å². The number of methoxy groups -OCH3 is 3. The van der Waals surface area contributed by atoms with Crippen LogP contribution in [-0.4, -0.2) is 21.3 Å². The molecule has 3 heteroatoms. The second kappa shape index (κ2) is 5.45. The number of ether oxygens (including phenoxy) is 3. The summed E-state index contributed by atoms with van der Waals surface area (Å²) in [6.45, 7) is 0. The molecule has 0 N–H and O–H groups in total. The SMILES string of the molecule is COc1cc(-c2ccccc2)cc(OC)c1OC. The zero-order chi connectivity index (χ0) is 13.0. The van der Waals surface area contributed by atoms with Crippen LogP contribution in [0.1, 0.15) is 0 Å². The molecule has 0 aliphatic rings. The third kappa shape index (κ3) is 2.25. The third-order valence-electron chi connectivity index (χ3n) is 2.77. The van der Waals surface area contributed by atoms with Gasteiger partial charge < -0.3 is 14.2 Å². The second-order valence-electron chi connectivity index (χ2n) is 3.78. The van der Waals surface area contributed by atoms with Gasteiger partial charge in [0.25, 0.3) is 0 Å². The Morgan fingerprint density at radius 3 is 1.67 bits per heavy atom. The summed E-state index contributed by atoms with van der Waals surface area (Å²) >= 11 is 0. The molecule has 0 fully saturated rings. The molecule has 0 heterocycles. The highest BCUT2D eigenvalue weighted by molar-refractivity contribution is 5.70. The maximum absolute atomic E-state index is 5.34. The van der Waals surface area contributed by atoms with Crippen molar-refractivity contribution in [2.24, 2.45) is 0 Å². The predicted octanol–water partition coefficient (Wildman–Crippen LogP) is 3.38. The van der Waals surface area contributed by atoms with Crippen molar-refractivity contribution in [2.45, 2.75) is 0 Å². The molecule has 0 aliphatic heterocycles. The zero-order valence-electron chi connectivity index (χ0n) is 10.8. The van der Waals surface area contributed by atoms with Gasteiger partial charge in [-0.25, -0.2) is 0 Å². The summed E-state index contributed by atoms with van der Waals surface area (Å²) in [5.74, 6) is 1.94. The first kappa shape index (κ1) is 12.3. The molecule has 0 amide bonds. The van der Waals surface area contributed by atoms with E-state index in [2.05, 4.69) is 0 Å². The standard InChI is InChI=1S/C15H16O3/c1-16-13-9-12(11-7-5-4-6-8-11)10-14(17-2)15(13)18-3/h4-10H,1-3H3. The number of benzene rings is 2. The molecule has 0 bridgehead atoms. The minimum absolute atomic E-state index is 0.611. The van der Waals surface area contributed by atoms with Gasteiger partial charge in [0.05, 0.1) is 21.3 Å². The molecule has 0 radical (unpaired) electrons. The Morgan fingerprint density at radius 2 is 1.22 bits per heavy atom. The summed E-state index contributed by atoms with van der Waals surface area (Å²) in [6, 6.07) is 14.0. The Labute approximate surface area is 107 Å². The Bertz CT molecular complexity index is 496. The summed E-state index contributed by atoms with van der Waals surface area (Å²) in [4.78, 5) is 0. The van der Waals surface area contributed by atoms with Crippen molar-refractivity contribution in [3.63, 3.8) is 0 Å². The molecular formula is C15H16O3. The highest BCUT2D eigenvalue weighted by Gasteiger charge is 2.13. The topological polar surface area (TPSA) is 27.7 Å². The van der Waals surface area contributed by atoms with Crippen molar-refractivity contribution in [1.29, 1.82) is 0 Å². The number of hydrogen-bond donors (Lipinski definition) is 0. The first-order valence-electron chi connectivity index (χ1n) is 5.65. The van der Waals surface area contributed by atoms with Crippen LogP contribution in [-0.2, 0) is 0 Å². The van der Waals surface area contributed by atoms with Crippen molar-refractivity contribution < 1.29 is 14.2 Å². The van der Waals surface area contributed by atoms with Crippen LogP contribution in [0.3, 0.4) is 0 Å². The molecule has 0 saturated carbocycles. The Morgan fingerprint density at radius 1 is 0.667 bits per heavy atom. The highest BCUT2D eigenvalue weighted by Crippen LogP contribution is 2.40. The fourth-order valence-corrected chi connectivity index (χ4v) is 1.88. The third-order valence-corrected chi connectivity index (χ3v) is 2.77. The van der Waals surface area contributed by atoms with E-state index in [1.54, 1.807) is 21.3 Å². The lowest BCUT2D eigenvalue weighted by molar-refractivity contribution is 0.324. The summed E-state index contributed by atoms with van der Waals surface area (Å²) in [6.07, 6.45) is 0. The van der Waals surface area contributed by atoms with Gasteiger partial charge in [-0.3, -0.25) is 0 Å². The fraction of sp³-hybridized carbons (Fsp3) is 0.200. The monoisotopic (exact) mass is 244 g/mol. The molecular weight excluding hydrogens is 228 g/mol. The van der Waals surface area contributed by atoms with Crippen LogP contribution in [0.2, 0.25) is 0 Å². The molecule has 2 aromatic carbocycles. The van der Waals surface area contributed by atoms with Crippen LogP contribution in [0.4, 0.5) is 0 Å². The highest BCUT2D eigenvalue weighted by atomic mass is 16.5. The Kier molecular flexibility index (Phi) is 3.72. The summed E-state index contributed by atoms with van der Waals surface area (Å²) in [5.41, 5.74) is 2.14. The molecule has 2 rings (SSSR count). The van der Waals surface area contributed by atoms with Crippen LogP contribution in [0.5, 0.6) is 17.2 Å². The largest absolute Gasteiger partial charge is 0.493 e. The Hall–Kier alpha value is -2.16. The van der Waals surface area contributed by atoms with E-state index in [4.69, 9.17) is 14.2 Å². The van der Waals surface area contributed by atoms with E-state index in [9.17, 15) is 0 Å². The van der Waals surface area contributed by atoms with Crippen LogP contribution >= 0.6 is 0 Å². The summed E-state index contributed by atoms with van der Waals surface area (Å²) in [7, 11) is 4.83. The van der Waals surface area contributed by atoms with Crippen molar-refractivity contribution in [1.82, 2.24) is 0 Å². The average molecular weight is 244 g/mol. The van der Waals surface area contributed by atoms with Gasteiger partial charge in [-0.2, -0.15) is 0 Å². The minimum Gasteiger partial charge on any atom is -0.493 e. The van der Waals surface area contributed by atoms with E-state index < -0.39 is 0 Å². The maximum atomic E-state index is 5.34. The average Bonchev–Trinajstić information content (AvgIpc) is 2.46. The van der Waals surface area contributed by atoms with Gasteiger partial charge in [-0.05, 0) is 23.3 Å². The number of rotatable bonds is 4. The van der Waals surface area contributed by atoms with E-state index in [0.717, 1.165) is 11.1 Å². The van der Waals surface area contributed by atoms with Crippen LogP contribution in [0.25, 0.3) is 11.1 Å². The molecule has 0 aromatic heterocycles. The minimum atomic E-state index is 0.611. The van der Waals surface area contributed by atoms with E-state index in [-0.39, 0.29) is 0 Å². The smallest absolute Gasteiger partial charge is 0.203 e. The van der Waals surface area contributed by atoms with Crippen LogP contribution in [0, 0.1) is 0 Å². The lowest BCUT2D eigenvalue weighted by atomic mass is 10.0. The molecule has 0 spiro atoms. The predicted molar refractivity (Wildman–Crippen MR) is 71.5 cm³/mol. The lowest BCUT2D eigenvalue weighted by Gasteiger charge is -2.14. The molecule has 0 atom stereocenters. The van der Waals surface area contributed by atoms with Gasteiger partial charge in [0.1, 0.15) is 0 Å². The maximum Gasteiger partial charge on any atom is 0.203 e. The normalized spacial score (nSPS) is 9.94. The van der Waals surface area contributed by atoms with Gasteiger partial charge in [0.2, 0.25) is 5.75 Å². The van der Waals surface area contributed by atoms with Gasteiger partial charge in [0.15, 0.2) is 11.5 Å². The van der Waals surface area contributed by atoms with Gasteiger partial charge in [0, 0.05) is 0 Å². The number of hydrogen-bond acceptors (Lipinski definition) is 3. The summed E-state index contributed by atoms with van der Waals surface area (Å²) in [5, 5.41) is 0. The molecule has 3 nitrogen and oxygen atoms in total. The van der Waals surface area contributed by atoms with Gasteiger partial charge in [-0.1, -0.05) is 30.3 Å². The Balaban J connectivity index is 2.57. The first-order chi connectivity index (χ1) is 8.80. The molecule has 18 heavy (non-hydrogen) atoms. The molecule has 94 valence electrons. The quantitative estimate of drug-likeness (QED) is 0.825. The molecule has 0 aliphatic carbocycles. The lowest BCUT2D eigenvalue weighted by Crippen LogP contribution is -1.95. The van der Waals surface area contributed by atoms with Crippen molar-refractivity contribution in [3.05, 3.63) is 42.5 Å². The molecule has 0 saturated heterocycles. The van der Waals surface area contributed by atoms with E-state index in [1.807, 2.05) is 42.5 Å². The van der Waals surface area contributed by atoms with Gasteiger partial charge >= 0.3 is 0 Å². The van der Waals surface area contributed by atoms with Gasteiger partial charge in [-0.15, -0.1) is 0 Å². The van der Waals surface area contributed by atoms with Crippen molar-refractivity contribution in [2.75, 3.05) is 21.3 Å². The zero-order valence-corrected chi connectivity index (χ0v) is 10.8. The second-order valence-corrected chi connectivity index (χ2v) is 3.78. The van der Waals surface area contributed by atoms with Crippen molar-refractivity contribution in [3.8, 4) is 28.4 Å². The van der Waals surface area contributed by atoms with E-state index >= 15 is 0 Å². The van der Waals surface area contributed by atoms with Crippen molar-refractivity contribution >= 4 is 0 Å². The fourth-order valence-electron chi connectivity index (χ4n) is 1.88. The van der Waals surface area contributed by atoms with E-state index in [1.165, 1.54) is 0 Å². The van der Waals surface area contributed by atoms with Crippen LogP contribution in [0.15, 0.2) is 42.5 Å². The van der Waals surface area contributed by atoms with Crippen LogP contribution < -0.4 is 14.2 Å². The molecule has 2 aromatic rings. The first-order valence-corrected chi connectivity index (χ1v) is 5.65. The molecule has 0 unspecified atom stereocenters. The summed E-state index contributed by atoms with van der Waals surface area (Å²) < 4.78 is 16.0.